The van der Waals surface area contributed by atoms with E-state index in [0.717, 1.165) is 12.2 Å². The molecule has 0 spiro atoms. The summed E-state index contributed by atoms with van der Waals surface area (Å²) in [6.07, 6.45) is 2.52. The van der Waals surface area contributed by atoms with Gasteiger partial charge in [0.2, 0.25) is 0 Å². The molecule has 1 amide bonds. The minimum absolute atomic E-state index is 0.0873. The van der Waals surface area contributed by atoms with Crippen molar-refractivity contribution in [2.75, 3.05) is 5.32 Å². The monoisotopic (exact) mass is 360 g/mol. The van der Waals surface area contributed by atoms with E-state index in [0.29, 0.717) is 27.6 Å². The van der Waals surface area contributed by atoms with Gasteiger partial charge in [0.25, 0.3) is 5.91 Å². The Morgan fingerprint density at radius 3 is 2.58 bits per heavy atom. The van der Waals surface area contributed by atoms with E-state index in [1.54, 1.807) is 24.3 Å². The van der Waals surface area contributed by atoms with Gasteiger partial charge >= 0.3 is 0 Å². The lowest BCUT2D eigenvalue weighted by atomic mass is 10.2. The Balaban J connectivity index is 1.79. The van der Waals surface area contributed by atoms with Crippen molar-refractivity contribution in [1.82, 2.24) is 0 Å². The predicted molar refractivity (Wildman–Crippen MR) is 93.9 cm³/mol. The van der Waals surface area contributed by atoms with E-state index in [2.05, 4.69) is 12.2 Å². The minimum atomic E-state index is -0.592. The second-order valence-corrected chi connectivity index (χ2v) is 6.59. The lowest BCUT2D eigenvalue weighted by molar-refractivity contribution is -0.112. The Morgan fingerprint density at radius 2 is 2.00 bits per heavy atom. The molecule has 1 aromatic carbocycles. The smallest absolute Gasteiger partial charge is 0.266 e. The van der Waals surface area contributed by atoms with Gasteiger partial charge in [-0.2, -0.15) is 5.26 Å². The van der Waals surface area contributed by atoms with Gasteiger partial charge in [0.05, 0.1) is 15.7 Å². The number of nitrogens with one attached hydrogen (secondary N) is 1. The van der Waals surface area contributed by atoms with Crippen molar-refractivity contribution in [1.29, 1.82) is 5.26 Å². The van der Waals surface area contributed by atoms with Crippen LogP contribution in [0.15, 0.2) is 40.3 Å². The molecule has 1 N–H and O–H groups in total. The molecule has 1 saturated carbocycles. The summed E-state index contributed by atoms with van der Waals surface area (Å²) < 4.78 is 5.70. The number of nitrogens with zero attached hydrogens (tertiary/aromatic N) is 1. The Kier molecular flexibility index (Phi) is 4.66. The highest BCUT2D eigenvalue weighted by Crippen LogP contribution is 2.47. The van der Waals surface area contributed by atoms with Crippen molar-refractivity contribution in [3.05, 3.63) is 57.5 Å². The summed E-state index contributed by atoms with van der Waals surface area (Å²) in [7, 11) is 0. The lowest BCUT2D eigenvalue weighted by Crippen LogP contribution is -2.14. The van der Waals surface area contributed by atoms with Crippen molar-refractivity contribution in [3.8, 4) is 6.07 Å². The zero-order valence-corrected chi connectivity index (χ0v) is 14.4. The summed E-state index contributed by atoms with van der Waals surface area (Å²) in [5, 5.41) is 12.4. The number of carbonyl (C=O) groups is 1. The Hall–Kier alpha value is -2.22. The van der Waals surface area contributed by atoms with E-state index in [4.69, 9.17) is 27.6 Å². The van der Waals surface area contributed by atoms with Gasteiger partial charge in [0.1, 0.15) is 23.2 Å². The highest BCUT2D eigenvalue weighted by Gasteiger charge is 2.36. The number of rotatable bonds is 4. The molecule has 1 aliphatic carbocycles. The van der Waals surface area contributed by atoms with Crippen molar-refractivity contribution >= 4 is 40.9 Å². The van der Waals surface area contributed by atoms with E-state index in [-0.39, 0.29) is 11.3 Å². The highest BCUT2D eigenvalue weighted by atomic mass is 35.5. The Labute approximate surface area is 149 Å². The maximum atomic E-state index is 12.3. The highest BCUT2D eigenvalue weighted by molar-refractivity contribution is 6.40. The van der Waals surface area contributed by atoms with Crippen LogP contribution in [-0.4, -0.2) is 5.91 Å². The summed E-state index contributed by atoms with van der Waals surface area (Å²) >= 11 is 12.0. The van der Waals surface area contributed by atoms with Crippen LogP contribution < -0.4 is 5.32 Å². The average Bonchev–Trinajstić information content (AvgIpc) is 3.09. The SMILES string of the molecule is C[C@H]1C[C@@H]1c1ccc(/C=C(\C#N)C(=O)Nc2c(Cl)cccc2Cl)o1. The molecule has 0 bridgehead atoms. The zero-order chi connectivity index (χ0) is 17.3. The summed E-state index contributed by atoms with van der Waals surface area (Å²) in [5.74, 6) is 1.83. The van der Waals surface area contributed by atoms with Gasteiger partial charge in [0, 0.05) is 12.0 Å². The number of carbonyl (C=O) groups excluding carboxylic acids is 1. The first kappa shape index (κ1) is 16.6. The maximum Gasteiger partial charge on any atom is 0.266 e. The lowest BCUT2D eigenvalue weighted by Gasteiger charge is -2.08. The van der Waals surface area contributed by atoms with Crippen LogP contribution in [0.2, 0.25) is 10.0 Å². The van der Waals surface area contributed by atoms with Crippen LogP contribution >= 0.6 is 23.2 Å². The molecule has 1 aromatic heterocycles. The number of benzene rings is 1. The molecule has 0 saturated heterocycles. The normalized spacial score (nSPS) is 19.7. The molecule has 3 rings (SSSR count). The molecule has 0 radical (unpaired) electrons. The first-order valence-electron chi connectivity index (χ1n) is 7.46. The first-order chi connectivity index (χ1) is 11.5. The molecular weight excluding hydrogens is 347 g/mol. The fourth-order valence-corrected chi connectivity index (χ4v) is 2.94. The molecule has 122 valence electrons. The van der Waals surface area contributed by atoms with Crippen LogP contribution in [0.1, 0.15) is 30.8 Å². The van der Waals surface area contributed by atoms with Crippen molar-refractivity contribution in [2.45, 2.75) is 19.3 Å². The molecule has 1 heterocycles. The molecule has 2 atom stereocenters. The van der Waals surface area contributed by atoms with Gasteiger partial charge in [-0.15, -0.1) is 0 Å². The topological polar surface area (TPSA) is 66.0 Å². The molecule has 2 aromatic rings. The van der Waals surface area contributed by atoms with E-state index in [1.807, 2.05) is 12.1 Å². The quantitative estimate of drug-likeness (QED) is 0.597. The molecule has 0 unspecified atom stereocenters. The zero-order valence-electron chi connectivity index (χ0n) is 12.8. The van der Waals surface area contributed by atoms with E-state index < -0.39 is 5.91 Å². The standard InChI is InChI=1S/C18H14Cl2N2O2/c1-10-7-13(10)16-6-5-12(24-16)8-11(9-21)18(23)22-17-14(19)3-2-4-15(17)20/h2-6,8,10,13H,7H2,1H3,(H,22,23)/b11-8+/t10-,13-/m0/s1. The summed E-state index contributed by atoms with van der Waals surface area (Å²) in [6, 6.07) is 10.4. The van der Waals surface area contributed by atoms with Gasteiger partial charge in [-0.3, -0.25) is 4.79 Å². The van der Waals surface area contributed by atoms with E-state index >= 15 is 0 Å². The molecule has 6 heteroatoms. The predicted octanol–water partition coefficient (Wildman–Crippen LogP) is 5.26. The Morgan fingerprint density at radius 1 is 1.33 bits per heavy atom. The number of furan rings is 1. The number of amides is 1. The number of para-hydroxylation sites is 1. The minimum Gasteiger partial charge on any atom is -0.461 e. The third-order valence-corrected chi connectivity index (χ3v) is 4.61. The van der Waals surface area contributed by atoms with Crippen LogP contribution in [0.4, 0.5) is 5.69 Å². The summed E-state index contributed by atoms with van der Waals surface area (Å²) in [6.45, 7) is 2.16. The van der Waals surface area contributed by atoms with Gasteiger partial charge in [-0.1, -0.05) is 36.2 Å². The molecule has 24 heavy (non-hydrogen) atoms. The number of hydrogen-bond acceptors (Lipinski definition) is 3. The number of nitriles is 1. The fraction of sp³-hybridized carbons (Fsp3) is 0.222. The fourth-order valence-electron chi connectivity index (χ4n) is 2.45. The second-order valence-electron chi connectivity index (χ2n) is 5.78. The summed E-state index contributed by atoms with van der Waals surface area (Å²) in [5.41, 5.74) is 0.189. The first-order valence-corrected chi connectivity index (χ1v) is 8.22. The van der Waals surface area contributed by atoms with Crippen molar-refractivity contribution < 1.29 is 9.21 Å². The Bertz CT molecular complexity index is 844. The van der Waals surface area contributed by atoms with Crippen molar-refractivity contribution in [2.24, 2.45) is 5.92 Å². The van der Waals surface area contributed by atoms with Gasteiger partial charge in [-0.05, 0) is 36.6 Å². The van der Waals surface area contributed by atoms with E-state index in [1.165, 1.54) is 6.08 Å². The van der Waals surface area contributed by atoms with Gasteiger partial charge < -0.3 is 9.73 Å². The molecule has 1 fully saturated rings. The third-order valence-electron chi connectivity index (χ3n) is 3.98. The number of halogens is 2. The molecule has 0 aliphatic heterocycles. The van der Waals surface area contributed by atoms with Crippen LogP contribution in [0.5, 0.6) is 0 Å². The van der Waals surface area contributed by atoms with Gasteiger partial charge in [0.15, 0.2) is 0 Å². The largest absolute Gasteiger partial charge is 0.461 e. The second kappa shape index (κ2) is 6.72. The van der Waals surface area contributed by atoms with E-state index in [9.17, 15) is 10.1 Å². The molecule has 4 nitrogen and oxygen atoms in total. The molecular formula is C18H14Cl2N2O2. The van der Waals surface area contributed by atoms with Crippen molar-refractivity contribution in [3.63, 3.8) is 0 Å². The van der Waals surface area contributed by atoms with Crippen LogP contribution in [0.25, 0.3) is 6.08 Å². The third kappa shape index (κ3) is 3.48. The van der Waals surface area contributed by atoms with Gasteiger partial charge in [-0.25, -0.2) is 0 Å². The average molecular weight is 361 g/mol. The van der Waals surface area contributed by atoms with Crippen LogP contribution in [0, 0.1) is 17.2 Å². The summed E-state index contributed by atoms with van der Waals surface area (Å²) in [4.78, 5) is 12.3. The number of anilines is 1. The van der Waals surface area contributed by atoms with Crippen LogP contribution in [0.3, 0.4) is 0 Å². The maximum absolute atomic E-state index is 12.3. The number of hydrogen-bond donors (Lipinski definition) is 1. The van der Waals surface area contributed by atoms with Crippen LogP contribution in [-0.2, 0) is 4.79 Å². The molecule has 1 aliphatic rings.